The van der Waals surface area contributed by atoms with Crippen molar-refractivity contribution in [2.45, 2.75) is 13.0 Å². The van der Waals surface area contributed by atoms with Gasteiger partial charge in [0.1, 0.15) is 11.3 Å². The highest BCUT2D eigenvalue weighted by atomic mass is 16.5. The zero-order chi connectivity index (χ0) is 15.2. The molecule has 0 fully saturated rings. The highest BCUT2D eigenvalue weighted by Gasteiger charge is 2.14. The van der Waals surface area contributed by atoms with E-state index in [4.69, 9.17) is 13.9 Å². The molecule has 1 N–H and O–H groups in total. The number of methoxy groups -OCH3 is 1. The van der Waals surface area contributed by atoms with E-state index in [2.05, 4.69) is 5.32 Å². The van der Waals surface area contributed by atoms with Gasteiger partial charge in [-0.1, -0.05) is 0 Å². The molecule has 6 heteroatoms. The molecule has 0 saturated heterocycles. The van der Waals surface area contributed by atoms with Crippen LogP contribution < -0.4 is 15.7 Å². The number of amides is 1. The molecule has 2 rings (SSSR count). The number of carbonyl (C=O) groups is 1. The maximum Gasteiger partial charge on any atom is 0.336 e. The Balaban J connectivity index is 2.05. The molecule has 1 aromatic carbocycles. The van der Waals surface area contributed by atoms with Crippen molar-refractivity contribution in [3.8, 4) is 5.75 Å². The van der Waals surface area contributed by atoms with Gasteiger partial charge in [-0.05, 0) is 25.1 Å². The summed E-state index contributed by atoms with van der Waals surface area (Å²) >= 11 is 0. The summed E-state index contributed by atoms with van der Waals surface area (Å²) in [5.41, 5.74) is -0.00278. The zero-order valence-corrected chi connectivity index (χ0v) is 11.9. The molecule has 2 aromatic rings. The molecule has 1 aromatic heterocycles. The van der Waals surface area contributed by atoms with Crippen LogP contribution in [0.5, 0.6) is 5.75 Å². The summed E-state index contributed by atoms with van der Waals surface area (Å²) < 4.78 is 15.5. The number of carbonyl (C=O) groups excluding carboxylic acids is 1. The molecule has 0 radical (unpaired) electrons. The summed E-state index contributed by atoms with van der Waals surface area (Å²) in [5, 5.41) is 3.48. The Hall–Kier alpha value is -2.34. The second-order valence-corrected chi connectivity index (χ2v) is 4.50. The predicted molar refractivity (Wildman–Crippen MR) is 77.5 cm³/mol. The average Bonchev–Trinajstić information content (AvgIpc) is 2.46. The van der Waals surface area contributed by atoms with Crippen LogP contribution in [0.2, 0.25) is 0 Å². The number of benzene rings is 1. The maximum absolute atomic E-state index is 11.8. The summed E-state index contributed by atoms with van der Waals surface area (Å²) in [7, 11) is 1.56. The van der Waals surface area contributed by atoms with E-state index in [1.807, 2.05) is 0 Å². The van der Waals surface area contributed by atoms with Crippen LogP contribution >= 0.6 is 0 Å². The molecule has 0 aliphatic heterocycles. The third-order valence-electron chi connectivity index (χ3n) is 2.88. The first-order chi connectivity index (χ1) is 10.1. The normalized spacial score (nSPS) is 12.1. The van der Waals surface area contributed by atoms with E-state index >= 15 is 0 Å². The molecule has 0 spiro atoms. The van der Waals surface area contributed by atoms with Crippen LogP contribution in [0.25, 0.3) is 11.0 Å². The summed E-state index contributed by atoms with van der Waals surface area (Å²) in [6.45, 7) is 2.52. The van der Waals surface area contributed by atoms with Gasteiger partial charge in [-0.3, -0.25) is 4.79 Å². The summed E-state index contributed by atoms with van der Waals surface area (Å²) in [6, 6.07) is 8.11. The Kier molecular flexibility index (Phi) is 4.94. The third kappa shape index (κ3) is 4.06. The largest absolute Gasteiger partial charge is 0.481 e. The van der Waals surface area contributed by atoms with Crippen LogP contribution in [0, 0.1) is 0 Å². The first-order valence-corrected chi connectivity index (χ1v) is 6.57. The van der Waals surface area contributed by atoms with E-state index < -0.39 is 11.7 Å². The number of ether oxygens (including phenoxy) is 2. The first kappa shape index (κ1) is 15.1. The van der Waals surface area contributed by atoms with E-state index in [9.17, 15) is 9.59 Å². The molecular weight excluding hydrogens is 274 g/mol. The molecule has 0 aliphatic rings. The molecule has 0 bridgehead atoms. The van der Waals surface area contributed by atoms with Gasteiger partial charge >= 0.3 is 5.63 Å². The van der Waals surface area contributed by atoms with Crippen molar-refractivity contribution >= 4 is 16.9 Å². The molecule has 112 valence electrons. The summed E-state index contributed by atoms with van der Waals surface area (Å²) in [4.78, 5) is 23.0. The fourth-order valence-electron chi connectivity index (χ4n) is 1.79. The minimum atomic E-state index is -0.658. The Morgan fingerprint density at radius 3 is 2.86 bits per heavy atom. The van der Waals surface area contributed by atoms with Gasteiger partial charge < -0.3 is 19.2 Å². The molecule has 0 aliphatic carbocycles. The van der Waals surface area contributed by atoms with Crippen molar-refractivity contribution in [3.63, 3.8) is 0 Å². The summed E-state index contributed by atoms with van der Waals surface area (Å²) in [6.07, 6.45) is -0.658. The van der Waals surface area contributed by atoms with Gasteiger partial charge in [0.2, 0.25) is 0 Å². The Bertz CT molecular complexity index is 679. The summed E-state index contributed by atoms with van der Waals surface area (Å²) in [5.74, 6) is 0.230. The van der Waals surface area contributed by atoms with E-state index in [0.29, 0.717) is 24.5 Å². The third-order valence-corrected chi connectivity index (χ3v) is 2.88. The smallest absolute Gasteiger partial charge is 0.336 e. The molecular formula is C15H17NO5. The molecule has 21 heavy (non-hydrogen) atoms. The second-order valence-electron chi connectivity index (χ2n) is 4.50. The van der Waals surface area contributed by atoms with Gasteiger partial charge in [0.05, 0.1) is 6.61 Å². The average molecular weight is 291 g/mol. The van der Waals surface area contributed by atoms with Crippen molar-refractivity contribution in [1.82, 2.24) is 5.32 Å². The Morgan fingerprint density at radius 1 is 1.33 bits per heavy atom. The van der Waals surface area contributed by atoms with Crippen molar-refractivity contribution < 1.29 is 18.7 Å². The van der Waals surface area contributed by atoms with Crippen molar-refractivity contribution in [2.24, 2.45) is 0 Å². The van der Waals surface area contributed by atoms with Crippen molar-refractivity contribution in [2.75, 3.05) is 20.3 Å². The van der Waals surface area contributed by atoms with E-state index in [1.165, 1.54) is 6.07 Å². The quantitative estimate of drug-likeness (QED) is 0.641. The van der Waals surface area contributed by atoms with E-state index in [0.717, 1.165) is 5.39 Å². The van der Waals surface area contributed by atoms with Crippen LogP contribution in [0.1, 0.15) is 6.92 Å². The van der Waals surface area contributed by atoms with Crippen LogP contribution in [0.4, 0.5) is 0 Å². The van der Waals surface area contributed by atoms with Crippen molar-refractivity contribution in [3.05, 3.63) is 40.8 Å². The molecule has 1 heterocycles. The number of fused-ring (bicyclic) bond motifs is 1. The number of hydrogen-bond acceptors (Lipinski definition) is 5. The zero-order valence-electron chi connectivity index (χ0n) is 11.9. The van der Waals surface area contributed by atoms with Crippen LogP contribution in [-0.4, -0.2) is 32.3 Å². The van der Waals surface area contributed by atoms with Gasteiger partial charge in [-0.2, -0.15) is 0 Å². The molecule has 0 saturated carbocycles. The molecule has 1 atom stereocenters. The van der Waals surface area contributed by atoms with Crippen molar-refractivity contribution in [1.29, 1.82) is 0 Å². The lowest BCUT2D eigenvalue weighted by Gasteiger charge is -2.14. The minimum Gasteiger partial charge on any atom is -0.481 e. The molecule has 1 amide bonds. The monoisotopic (exact) mass is 291 g/mol. The van der Waals surface area contributed by atoms with Crippen LogP contribution in [-0.2, 0) is 9.53 Å². The fraction of sp³-hybridized carbons (Fsp3) is 0.333. The first-order valence-electron chi connectivity index (χ1n) is 6.57. The number of hydrogen-bond donors (Lipinski definition) is 1. The molecule has 0 unspecified atom stereocenters. The highest BCUT2D eigenvalue weighted by molar-refractivity contribution is 5.81. The number of rotatable bonds is 6. The Morgan fingerprint density at radius 2 is 2.10 bits per heavy atom. The van der Waals surface area contributed by atoms with Crippen LogP contribution in [0.15, 0.2) is 39.5 Å². The lowest BCUT2D eigenvalue weighted by molar-refractivity contribution is -0.127. The highest BCUT2D eigenvalue weighted by Crippen LogP contribution is 2.20. The van der Waals surface area contributed by atoms with Gasteiger partial charge in [0, 0.05) is 31.2 Å². The lowest BCUT2D eigenvalue weighted by Crippen LogP contribution is -2.37. The molecule has 6 nitrogen and oxygen atoms in total. The van der Waals surface area contributed by atoms with Gasteiger partial charge in [-0.25, -0.2) is 4.79 Å². The van der Waals surface area contributed by atoms with E-state index in [1.54, 1.807) is 38.3 Å². The van der Waals surface area contributed by atoms with E-state index in [-0.39, 0.29) is 5.91 Å². The topological polar surface area (TPSA) is 77.8 Å². The van der Waals surface area contributed by atoms with Crippen LogP contribution in [0.3, 0.4) is 0 Å². The SMILES string of the molecule is COCCNC(=O)[C@H](C)Oc1ccc2ccc(=O)oc2c1. The lowest BCUT2D eigenvalue weighted by atomic mass is 10.2. The van der Waals surface area contributed by atoms with Gasteiger partial charge in [0.15, 0.2) is 6.10 Å². The minimum absolute atomic E-state index is 0.235. The number of nitrogens with one attached hydrogen (secondary N) is 1. The maximum atomic E-state index is 11.8. The predicted octanol–water partition coefficient (Wildman–Crippen LogP) is 1.32. The van der Waals surface area contributed by atoms with Gasteiger partial charge in [0.25, 0.3) is 5.91 Å². The van der Waals surface area contributed by atoms with Gasteiger partial charge in [-0.15, -0.1) is 0 Å². The fourth-order valence-corrected chi connectivity index (χ4v) is 1.79. The second kappa shape index (κ2) is 6.90. The standard InChI is InChI=1S/C15H17NO5/c1-10(15(18)16-7-8-19-2)20-12-5-3-11-4-6-14(17)21-13(11)9-12/h3-6,9-10H,7-8H2,1-2H3,(H,16,18)/t10-/m0/s1. The Labute approximate surface area is 121 Å².